The Morgan fingerprint density at radius 2 is 1.75 bits per heavy atom. The maximum atomic E-state index is 5.82. The van der Waals surface area contributed by atoms with E-state index in [1.807, 2.05) is 12.1 Å². The van der Waals surface area contributed by atoms with Gasteiger partial charge in [0.2, 0.25) is 0 Å². The minimum absolute atomic E-state index is 0.479. The quantitative estimate of drug-likeness (QED) is 0.767. The third kappa shape index (κ3) is 2.06. The summed E-state index contributed by atoms with van der Waals surface area (Å²) in [5.74, 6) is 0. The molecule has 0 aliphatic carbocycles. The molecule has 3 rings (SSSR count). The van der Waals surface area contributed by atoms with Crippen molar-refractivity contribution in [2.75, 3.05) is 18.8 Å². The lowest BCUT2D eigenvalue weighted by molar-refractivity contribution is -0.0410. The SMILES string of the molecule is Nc1ccc(CN2CC3CCC(C2)O3)cc1. The zero-order valence-electron chi connectivity index (χ0n) is 9.43. The molecular formula is C13H18N2O. The van der Waals surface area contributed by atoms with Crippen molar-refractivity contribution in [1.82, 2.24) is 4.90 Å². The molecule has 2 fully saturated rings. The average molecular weight is 218 g/mol. The van der Waals surface area contributed by atoms with Gasteiger partial charge in [-0.05, 0) is 30.5 Å². The number of fused-ring (bicyclic) bond motifs is 2. The Bertz CT molecular complexity index is 351. The largest absolute Gasteiger partial charge is 0.399 e. The first-order chi connectivity index (χ1) is 7.79. The van der Waals surface area contributed by atoms with Crippen molar-refractivity contribution in [3.05, 3.63) is 29.8 Å². The first kappa shape index (κ1) is 10.1. The molecule has 3 heteroatoms. The molecule has 2 aliphatic heterocycles. The minimum Gasteiger partial charge on any atom is -0.399 e. The minimum atomic E-state index is 0.479. The summed E-state index contributed by atoms with van der Waals surface area (Å²) in [5, 5.41) is 0. The fourth-order valence-electron chi connectivity index (χ4n) is 2.71. The highest BCUT2D eigenvalue weighted by Gasteiger charge is 2.33. The Morgan fingerprint density at radius 3 is 2.38 bits per heavy atom. The summed E-state index contributed by atoms with van der Waals surface area (Å²) in [6.45, 7) is 3.19. The van der Waals surface area contributed by atoms with Gasteiger partial charge in [0.1, 0.15) is 0 Å². The predicted octanol–water partition coefficient (Wildman–Crippen LogP) is 1.63. The van der Waals surface area contributed by atoms with Crippen molar-refractivity contribution in [3.8, 4) is 0 Å². The van der Waals surface area contributed by atoms with E-state index in [0.29, 0.717) is 12.2 Å². The molecule has 2 N–H and O–H groups in total. The summed E-state index contributed by atoms with van der Waals surface area (Å²) < 4.78 is 5.82. The Balaban J connectivity index is 1.64. The van der Waals surface area contributed by atoms with Crippen molar-refractivity contribution in [3.63, 3.8) is 0 Å². The lowest BCUT2D eigenvalue weighted by Crippen LogP contribution is -2.41. The third-order valence-electron chi connectivity index (χ3n) is 3.51. The Labute approximate surface area is 96.2 Å². The molecular weight excluding hydrogens is 200 g/mol. The first-order valence-corrected chi connectivity index (χ1v) is 6.02. The summed E-state index contributed by atoms with van der Waals surface area (Å²) in [6, 6.07) is 8.19. The van der Waals surface area contributed by atoms with E-state index >= 15 is 0 Å². The van der Waals surface area contributed by atoms with Crippen molar-refractivity contribution < 1.29 is 4.74 Å². The number of benzene rings is 1. The maximum absolute atomic E-state index is 5.82. The van der Waals surface area contributed by atoms with E-state index in [9.17, 15) is 0 Å². The highest BCUT2D eigenvalue weighted by molar-refractivity contribution is 5.39. The molecule has 16 heavy (non-hydrogen) atoms. The van der Waals surface area contributed by atoms with Crippen molar-refractivity contribution in [2.24, 2.45) is 0 Å². The van der Waals surface area contributed by atoms with Crippen LogP contribution >= 0.6 is 0 Å². The smallest absolute Gasteiger partial charge is 0.0707 e. The van der Waals surface area contributed by atoms with Crippen LogP contribution in [-0.4, -0.2) is 30.2 Å². The van der Waals surface area contributed by atoms with Gasteiger partial charge >= 0.3 is 0 Å². The molecule has 2 unspecified atom stereocenters. The normalized spacial score (nSPS) is 29.5. The van der Waals surface area contributed by atoms with E-state index in [1.54, 1.807) is 0 Å². The van der Waals surface area contributed by atoms with Gasteiger partial charge < -0.3 is 10.5 Å². The van der Waals surface area contributed by atoms with Gasteiger partial charge in [-0.2, -0.15) is 0 Å². The number of nitrogen functional groups attached to an aromatic ring is 1. The van der Waals surface area contributed by atoms with Crippen LogP contribution in [0.5, 0.6) is 0 Å². The van der Waals surface area contributed by atoms with E-state index in [1.165, 1.54) is 18.4 Å². The predicted molar refractivity (Wildman–Crippen MR) is 64.0 cm³/mol. The molecule has 2 saturated heterocycles. The number of nitrogens with two attached hydrogens (primary N) is 1. The third-order valence-corrected chi connectivity index (χ3v) is 3.51. The number of hydrogen-bond donors (Lipinski definition) is 1. The first-order valence-electron chi connectivity index (χ1n) is 6.02. The van der Waals surface area contributed by atoms with Crippen molar-refractivity contribution in [1.29, 1.82) is 0 Å². The van der Waals surface area contributed by atoms with Gasteiger partial charge in [-0.3, -0.25) is 4.90 Å². The van der Waals surface area contributed by atoms with Crippen LogP contribution in [0.25, 0.3) is 0 Å². The second-order valence-electron chi connectivity index (χ2n) is 4.89. The number of nitrogens with zero attached hydrogens (tertiary/aromatic N) is 1. The van der Waals surface area contributed by atoms with Gasteiger partial charge in [0.25, 0.3) is 0 Å². The van der Waals surface area contributed by atoms with Crippen LogP contribution in [0.4, 0.5) is 5.69 Å². The summed E-state index contributed by atoms with van der Waals surface area (Å²) in [5.41, 5.74) is 7.86. The molecule has 2 bridgehead atoms. The molecule has 0 spiro atoms. The van der Waals surface area contributed by atoms with E-state index in [-0.39, 0.29) is 0 Å². The zero-order valence-corrected chi connectivity index (χ0v) is 9.43. The fourth-order valence-corrected chi connectivity index (χ4v) is 2.71. The number of anilines is 1. The number of likely N-dealkylation sites (tertiary alicyclic amines) is 1. The van der Waals surface area contributed by atoms with Crippen LogP contribution < -0.4 is 5.73 Å². The molecule has 0 saturated carbocycles. The molecule has 86 valence electrons. The van der Waals surface area contributed by atoms with Crippen LogP contribution in [0.3, 0.4) is 0 Å². The number of hydrogen-bond acceptors (Lipinski definition) is 3. The maximum Gasteiger partial charge on any atom is 0.0707 e. The highest BCUT2D eigenvalue weighted by atomic mass is 16.5. The summed E-state index contributed by atoms with van der Waals surface area (Å²) >= 11 is 0. The summed E-state index contributed by atoms with van der Waals surface area (Å²) in [4.78, 5) is 2.50. The van der Waals surface area contributed by atoms with Crippen molar-refractivity contribution in [2.45, 2.75) is 31.6 Å². The molecule has 3 nitrogen and oxygen atoms in total. The van der Waals surface area contributed by atoms with Gasteiger partial charge in [0.05, 0.1) is 12.2 Å². The van der Waals surface area contributed by atoms with E-state index in [0.717, 1.165) is 25.3 Å². The average Bonchev–Trinajstić information content (AvgIpc) is 2.62. The van der Waals surface area contributed by atoms with Crippen LogP contribution in [0.15, 0.2) is 24.3 Å². The van der Waals surface area contributed by atoms with Gasteiger partial charge in [-0.25, -0.2) is 0 Å². The van der Waals surface area contributed by atoms with E-state index < -0.39 is 0 Å². The molecule has 1 aromatic carbocycles. The lowest BCUT2D eigenvalue weighted by atomic mass is 10.2. The molecule has 2 aliphatic rings. The van der Waals surface area contributed by atoms with Gasteiger partial charge in [0.15, 0.2) is 0 Å². The zero-order chi connectivity index (χ0) is 11.0. The second kappa shape index (κ2) is 4.07. The Kier molecular flexibility index (Phi) is 2.58. The highest BCUT2D eigenvalue weighted by Crippen LogP contribution is 2.27. The molecule has 2 atom stereocenters. The molecule has 1 aromatic rings. The molecule has 0 radical (unpaired) electrons. The summed E-state index contributed by atoms with van der Waals surface area (Å²) in [6.07, 6.45) is 3.44. The van der Waals surface area contributed by atoms with Crippen LogP contribution in [0.1, 0.15) is 18.4 Å². The van der Waals surface area contributed by atoms with Gasteiger partial charge in [-0.15, -0.1) is 0 Å². The van der Waals surface area contributed by atoms with E-state index in [4.69, 9.17) is 10.5 Å². The molecule has 2 heterocycles. The second-order valence-corrected chi connectivity index (χ2v) is 4.89. The summed E-state index contributed by atoms with van der Waals surface area (Å²) in [7, 11) is 0. The fraction of sp³-hybridized carbons (Fsp3) is 0.538. The monoisotopic (exact) mass is 218 g/mol. The van der Waals surface area contributed by atoms with Gasteiger partial charge in [-0.1, -0.05) is 12.1 Å². The topological polar surface area (TPSA) is 38.5 Å². The number of morpholine rings is 1. The lowest BCUT2D eigenvalue weighted by Gasteiger charge is -2.32. The van der Waals surface area contributed by atoms with E-state index in [2.05, 4.69) is 17.0 Å². The van der Waals surface area contributed by atoms with Crippen LogP contribution in [0.2, 0.25) is 0 Å². The molecule has 0 aromatic heterocycles. The Morgan fingerprint density at radius 1 is 1.12 bits per heavy atom. The Hall–Kier alpha value is -1.06. The number of ether oxygens (including phenoxy) is 1. The van der Waals surface area contributed by atoms with Crippen molar-refractivity contribution >= 4 is 5.69 Å². The molecule has 0 amide bonds. The standard InChI is InChI=1S/C13H18N2O/c14-11-3-1-10(2-4-11)7-15-8-12-5-6-13(9-15)16-12/h1-4,12-13H,5-9,14H2. The number of rotatable bonds is 2. The van der Waals surface area contributed by atoms with Crippen LogP contribution in [-0.2, 0) is 11.3 Å². The van der Waals surface area contributed by atoms with Crippen LogP contribution in [0, 0.1) is 0 Å². The van der Waals surface area contributed by atoms with Gasteiger partial charge in [0, 0.05) is 25.3 Å².